The summed E-state index contributed by atoms with van der Waals surface area (Å²) in [6.07, 6.45) is 5.46. The van der Waals surface area contributed by atoms with E-state index in [1.807, 2.05) is 36.6 Å². The van der Waals surface area contributed by atoms with Crippen LogP contribution >= 0.6 is 23.6 Å². The minimum atomic E-state index is 0.310. The number of thiocarbonyl (C=S) groups is 1. The van der Waals surface area contributed by atoms with Gasteiger partial charge in [-0.15, -0.1) is 21.5 Å². The first-order valence-corrected chi connectivity index (χ1v) is 12.7. The molecule has 172 valence electrons. The Kier molecular flexibility index (Phi) is 6.60. The minimum Gasteiger partial charge on any atom is -0.506 e. The van der Waals surface area contributed by atoms with Gasteiger partial charge < -0.3 is 5.11 Å². The third-order valence-corrected chi connectivity index (χ3v) is 7.51. The van der Waals surface area contributed by atoms with Crippen LogP contribution in [0.3, 0.4) is 0 Å². The molecule has 0 saturated carbocycles. The van der Waals surface area contributed by atoms with Crippen LogP contribution in [-0.4, -0.2) is 42.9 Å². The Bertz CT molecular complexity index is 1340. The number of aromatic nitrogens is 4. The molecule has 0 atom stereocenters. The van der Waals surface area contributed by atoms with E-state index in [4.69, 9.17) is 12.2 Å². The molecule has 2 aromatic carbocycles. The number of benzene rings is 2. The number of aromatic hydroxyl groups is 1. The van der Waals surface area contributed by atoms with Gasteiger partial charge in [-0.1, -0.05) is 48.6 Å². The van der Waals surface area contributed by atoms with Crippen molar-refractivity contribution in [3.63, 3.8) is 0 Å². The molecule has 2 heterocycles. The number of aliphatic imine (C=N–C) groups is 1. The number of H-pyrrole nitrogens is 1. The molecular formula is C26H25N5OS2. The largest absolute Gasteiger partial charge is 0.506 e. The lowest BCUT2D eigenvalue weighted by molar-refractivity contribution is 0.478. The maximum atomic E-state index is 10.9. The second-order valence-electron chi connectivity index (χ2n) is 8.57. The lowest BCUT2D eigenvalue weighted by Gasteiger charge is -2.16. The summed E-state index contributed by atoms with van der Waals surface area (Å²) in [6.45, 7) is 2.37. The van der Waals surface area contributed by atoms with E-state index in [-0.39, 0.29) is 0 Å². The van der Waals surface area contributed by atoms with Crippen LogP contribution in [0.25, 0.3) is 21.8 Å². The Labute approximate surface area is 207 Å². The van der Waals surface area contributed by atoms with Gasteiger partial charge in [-0.05, 0) is 66.1 Å². The molecule has 8 heteroatoms. The Morgan fingerprint density at radius 1 is 1.09 bits per heavy atom. The highest BCUT2D eigenvalue weighted by Crippen LogP contribution is 2.40. The maximum absolute atomic E-state index is 10.9. The van der Waals surface area contributed by atoms with E-state index in [1.54, 1.807) is 11.3 Å². The number of rotatable bonds is 7. The smallest absolute Gasteiger partial charge is 0.204 e. The van der Waals surface area contributed by atoms with Crippen LogP contribution in [0, 0.1) is 0 Å². The Hall–Kier alpha value is -3.23. The van der Waals surface area contributed by atoms with Crippen molar-refractivity contribution in [2.24, 2.45) is 4.99 Å². The number of fused-ring (bicyclic) bond motifs is 1. The molecular weight excluding hydrogens is 462 g/mol. The van der Waals surface area contributed by atoms with Gasteiger partial charge >= 0.3 is 0 Å². The van der Waals surface area contributed by atoms with Crippen molar-refractivity contribution in [3.05, 3.63) is 70.1 Å². The summed E-state index contributed by atoms with van der Waals surface area (Å²) in [4.78, 5) is 6.43. The topological polar surface area (TPSA) is 87.0 Å². The summed E-state index contributed by atoms with van der Waals surface area (Å²) >= 11 is 7.15. The van der Waals surface area contributed by atoms with Crippen molar-refractivity contribution in [1.82, 2.24) is 20.6 Å². The average Bonchev–Trinajstić information content (AvgIpc) is 3.53. The number of nitrogens with zero attached hydrogens (tertiary/aromatic N) is 4. The molecule has 1 aliphatic carbocycles. The monoisotopic (exact) mass is 487 g/mol. The highest BCUT2D eigenvalue weighted by molar-refractivity contribution is 7.80. The summed E-state index contributed by atoms with van der Waals surface area (Å²) in [5.41, 5.74) is 7.54. The van der Waals surface area contributed by atoms with Gasteiger partial charge in [-0.3, -0.25) is 4.99 Å². The minimum absolute atomic E-state index is 0.310. The molecule has 2 N–H and O–H groups in total. The molecule has 1 aliphatic rings. The van der Waals surface area contributed by atoms with Crippen LogP contribution in [-0.2, 0) is 19.3 Å². The zero-order valence-corrected chi connectivity index (χ0v) is 20.5. The molecule has 0 radical (unpaired) electrons. The van der Waals surface area contributed by atoms with E-state index >= 15 is 0 Å². The van der Waals surface area contributed by atoms with Crippen molar-refractivity contribution < 1.29 is 5.11 Å². The van der Waals surface area contributed by atoms with E-state index in [9.17, 15) is 5.11 Å². The van der Waals surface area contributed by atoms with Gasteiger partial charge in [-0.2, -0.15) is 5.21 Å². The van der Waals surface area contributed by atoms with Gasteiger partial charge in [0.15, 0.2) is 0 Å². The van der Waals surface area contributed by atoms with Crippen LogP contribution in [0.4, 0.5) is 0 Å². The summed E-state index contributed by atoms with van der Waals surface area (Å²) in [6, 6.07) is 14.6. The fourth-order valence-corrected chi connectivity index (χ4v) is 5.55. The van der Waals surface area contributed by atoms with Crippen molar-refractivity contribution in [1.29, 1.82) is 0 Å². The van der Waals surface area contributed by atoms with Gasteiger partial charge in [0.05, 0.1) is 11.4 Å². The summed E-state index contributed by atoms with van der Waals surface area (Å²) in [5, 5.41) is 27.0. The van der Waals surface area contributed by atoms with Crippen molar-refractivity contribution in [2.45, 2.75) is 39.0 Å². The van der Waals surface area contributed by atoms with Crippen LogP contribution in [0.5, 0.6) is 5.75 Å². The predicted molar refractivity (Wildman–Crippen MR) is 141 cm³/mol. The van der Waals surface area contributed by atoms with Crippen LogP contribution in [0.1, 0.15) is 42.0 Å². The standard InChI is InChI=1S/C26H25N5OS2/c1-16(27-14-22(33)12-17-6-8-19(9-7-17)26-28-30-31-29-26)23-15-34-25(24(23)32)21-11-10-18-4-2-3-5-20(18)13-21/h6-11,13,15,32H,2-5,12,14H2,1H3,(H,28,29,30,31). The second kappa shape index (κ2) is 9.95. The van der Waals surface area contributed by atoms with E-state index in [0.717, 1.165) is 50.5 Å². The fourth-order valence-electron chi connectivity index (χ4n) is 4.32. The fraction of sp³-hybridized carbons (Fsp3) is 0.269. The number of nitrogens with one attached hydrogen (secondary N) is 1. The normalized spacial score (nSPS) is 13.6. The molecule has 5 rings (SSSR count). The molecule has 2 aromatic heterocycles. The molecule has 4 aromatic rings. The quantitative estimate of drug-likeness (QED) is 0.262. The van der Waals surface area contributed by atoms with Gasteiger partial charge in [0.1, 0.15) is 5.75 Å². The summed E-state index contributed by atoms with van der Waals surface area (Å²) in [5.74, 6) is 0.879. The summed E-state index contributed by atoms with van der Waals surface area (Å²) < 4.78 is 0. The number of hydrogen-bond acceptors (Lipinski definition) is 7. The van der Waals surface area contributed by atoms with Gasteiger partial charge in [-0.25, -0.2) is 0 Å². The van der Waals surface area contributed by atoms with Crippen LogP contribution in [0.2, 0.25) is 0 Å². The zero-order chi connectivity index (χ0) is 23.5. The number of aromatic amines is 1. The van der Waals surface area contributed by atoms with E-state index in [2.05, 4.69) is 43.8 Å². The van der Waals surface area contributed by atoms with Gasteiger partial charge in [0, 0.05) is 33.5 Å². The van der Waals surface area contributed by atoms with E-state index < -0.39 is 0 Å². The first-order valence-electron chi connectivity index (χ1n) is 11.4. The van der Waals surface area contributed by atoms with Crippen molar-refractivity contribution in [2.75, 3.05) is 6.54 Å². The van der Waals surface area contributed by atoms with Gasteiger partial charge in [0.25, 0.3) is 0 Å². The highest BCUT2D eigenvalue weighted by atomic mass is 32.1. The molecule has 0 unspecified atom stereocenters. The molecule has 0 fully saturated rings. The Morgan fingerprint density at radius 3 is 2.62 bits per heavy atom. The third-order valence-electron chi connectivity index (χ3n) is 6.22. The lowest BCUT2D eigenvalue weighted by atomic mass is 9.90. The first kappa shape index (κ1) is 22.6. The highest BCUT2D eigenvalue weighted by Gasteiger charge is 2.17. The number of aryl methyl sites for hydroxylation is 2. The maximum Gasteiger partial charge on any atom is 0.204 e. The molecule has 0 aliphatic heterocycles. The summed E-state index contributed by atoms with van der Waals surface area (Å²) in [7, 11) is 0. The second-order valence-corrected chi connectivity index (χ2v) is 10.0. The van der Waals surface area contributed by atoms with Crippen molar-refractivity contribution in [3.8, 4) is 27.6 Å². The Morgan fingerprint density at radius 2 is 1.85 bits per heavy atom. The zero-order valence-electron chi connectivity index (χ0n) is 18.9. The first-order chi connectivity index (χ1) is 16.6. The molecule has 34 heavy (non-hydrogen) atoms. The molecule has 0 saturated heterocycles. The molecule has 0 bridgehead atoms. The molecule has 6 nitrogen and oxygen atoms in total. The molecule has 0 spiro atoms. The number of tetrazole rings is 1. The third kappa shape index (κ3) is 4.83. The van der Waals surface area contributed by atoms with Gasteiger partial charge in [0.2, 0.25) is 5.82 Å². The van der Waals surface area contributed by atoms with E-state index in [0.29, 0.717) is 24.5 Å². The van der Waals surface area contributed by atoms with Crippen molar-refractivity contribution >= 4 is 34.1 Å². The lowest BCUT2D eigenvalue weighted by Crippen LogP contribution is -2.06. The van der Waals surface area contributed by atoms with Crippen LogP contribution < -0.4 is 0 Å². The number of hydrogen-bond donors (Lipinski definition) is 2. The average molecular weight is 488 g/mol. The number of thiophene rings is 1. The Balaban J connectivity index is 1.24. The van der Waals surface area contributed by atoms with E-state index in [1.165, 1.54) is 24.0 Å². The SMILES string of the molecule is CC(=NCC(=S)Cc1ccc(-c2nn[nH]n2)cc1)c1csc(-c2ccc3c(c2)CCCC3)c1O. The molecule has 0 amide bonds. The predicted octanol–water partition coefficient (Wildman–Crippen LogP) is 5.60. The van der Waals surface area contributed by atoms with Crippen LogP contribution in [0.15, 0.2) is 52.8 Å².